The van der Waals surface area contributed by atoms with Crippen molar-refractivity contribution in [1.29, 1.82) is 0 Å². The Hall–Kier alpha value is -2.70. The first kappa shape index (κ1) is 21.0. The third-order valence-corrected chi connectivity index (χ3v) is 6.16. The number of carbonyl (C=O) groups is 2. The Kier molecular flexibility index (Phi) is 7.01. The van der Waals surface area contributed by atoms with Crippen LogP contribution in [0.2, 0.25) is 0 Å². The smallest absolute Gasteiger partial charge is 0.255 e. The summed E-state index contributed by atoms with van der Waals surface area (Å²) in [6.45, 7) is 1.96. The fourth-order valence-electron chi connectivity index (χ4n) is 2.77. The van der Waals surface area contributed by atoms with Gasteiger partial charge in [-0.15, -0.1) is 11.3 Å². The highest BCUT2D eigenvalue weighted by Gasteiger charge is 2.16. The van der Waals surface area contributed by atoms with Crippen LogP contribution in [-0.2, 0) is 4.79 Å². The monoisotopic (exact) mass is 468 g/mol. The third kappa shape index (κ3) is 5.65. The quantitative estimate of drug-likeness (QED) is 0.451. The van der Waals surface area contributed by atoms with E-state index in [1.165, 1.54) is 0 Å². The summed E-state index contributed by atoms with van der Waals surface area (Å²) in [5, 5.41) is 2.91. The Morgan fingerprint density at radius 3 is 2.52 bits per heavy atom. The van der Waals surface area contributed by atoms with E-state index in [0.29, 0.717) is 11.3 Å². The summed E-state index contributed by atoms with van der Waals surface area (Å²) >= 11 is 4.99. The van der Waals surface area contributed by atoms with Crippen LogP contribution in [0.15, 0.2) is 76.6 Å². The van der Waals surface area contributed by atoms with E-state index < -0.39 is 0 Å². The number of halogens is 1. The van der Waals surface area contributed by atoms with Gasteiger partial charge in [-0.3, -0.25) is 9.59 Å². The molecule has 1 heterocycles. The third-order valence-electron chi connectivity index (χ3n) is 4.58. The molecule has 3 rings (SSSR count). The van der Waals surface area contributed by atoms with Crippen molar-refractivity contribution in [2.45, 2.75) is 13.0 Å². The van der Waals surface area contributed by atoms with Gasteiger partial charge in [0.1, 0.15) is 0 Å². The van der Waals surface area contributed by atoms with Crippen LogP contribution in [0.3, 0.4) is 0 Å². The number of likely N-dealkylation sites (N-methyl/N-ethyl adjacent to an activating group) is 1. The Labute approximate surface area is 183 Å². The maximum absolute atomic E-state index is 12.5. The molecule has 0 saturated carbocycles. The van der Waals surface area contributed by atoms with E-state index in [2.05, 4.69) is 21.2 Å². The molecule has 2 amide bonds. The molecule has 0 saturated heterocycles. The van der Waals surface area contributed by atoms with Gasteiger partial charge in [-0.05, 0) is 70.9 Å². The zero-order valence-corrected chi connectivity index (χ0v) is 18.5. The minimum Gasteiger partial charge on any atom is -0.335 e. The summed E-state index contributed by atoms with van der Waals surface area (Å²) < 4.78 is 1.03. The largest absolute Gasteiger partial charge is 0.335 e. The number of nitrogens with one attached hydrogen (secondary N) is 1. The maximum atomic E-state index is 12.5. The van der Waals surface area contributed by atoms with Gasteiger partial charge in [-0.1, -0.05) is 30.3 Å². The molecule has 0 fully saturated rings. The highest BCUT2D eigenvalue weighted by Crippen LogP contribution is 2.25. The molecular formula is C23H21BrN2O2S. The van der Waals surface area contributed by atoms with Crippen LogP contribution in [0.25, 0.3) is 6.08 Å². The molecule has 0 radical (unpaired) electrons. The number of carbonyl (C=O) groups excluding carboxylic acids is 2. The average molecular weight is 469 g/mol. The predicted octanol–water partition coefficient (Wildman–Crippen LogP) is 6.00. The predicted molar refractivity (Wildman–Crippen MR) is 123 cm³/mol. The normalized spacial score (nSPS) is 12.0. The number of amides is 2. The van der Waals surface area contributed by atoms with Crippen LogP contribution in [0.5, 0.6) is 0 Å². The van der Waals surface area contributed by atoms with Crippen LogP contribution >= 0.6 is 27.3 Å². The minimum atomic E-state index is -0.162. The zero-order valence-electron chi connectivity index (χ0n) is 16.1. The Balaban J connectivity index is 1.67. The topological polar surface area (TPSA) is 49.4 Å². The van der Waals surface area contributed by atoms with Crippen LogP contribution in [0, 0.1) is 0 Å². The summed E-state index contributed by atoms with van der Waals surface area (Å²) in [5.41, 5.74) is 2.24. The van der Waals surface area contributed by atoms with Crippen molar-refractivity contribution in [1.82, 2.24) is 4.90 Å². The van der Waals surface area contributed by atoms with Crippen LogP contribution in [-0.4, -0.2) is 23.8 Å². The number of thiophene rings is 1. The van der Waals surface area contributed by atoms with Gasteiger partial charge in [-0.25, -0.2) is 0 Å². The van der Waals surface area contributed by atoms with Gasteiger partial charge < -0.3 is 10.2 Å². The van der Waals surface area contributed by atoms with Crippen molar-refractivity contribution in [3.63, 3.8) is 0 Å². The van der Waals surface area contributed by atoms with Gasteiger partial charge in [0.2, 0.25) is 5.91 Å². The summed E-state index contributed by atoms with van der Waals surface area (Å²) in [5.74, 6) is -0.245. The van der Waals surface area contributed by atoms with Gasteiger partial charge in [0.15, 0.2) is 0 Å². The molecule has 1 atom stereocenters. The molecule has 1 aromatic heterocycles. The number of hydrogen-bond acceptors (Lipinski definition) is 3. The zero-order chi connectivity index (χ0) is 20.8. The first-order chi connectivity index (χ1) is 13.9. The molecule has 2 aromatic carbocycles. The van der Waals surface area contributed by atoms with Gasteiger partial charge in [0, 0.05) is 29.3 Å². The lowest BCUT2D eigenvalue weighted by Gasteiger charge is -2.24. The molecule has 1 unspecified atom stereocenters. The van der Waals surface area contributed by atoms with Crippen molar-refractivity contribution in [2.75, 3.05) is 12.4 Å². The molecule has 0 spiro atoms. The molecule has 6 heteroatoms. The van der Waals surface area contributed by atoms with E-state index >= 15 is 0 Å². The molecule has 1 N–H and O–H groups in total. The van der Waals surface area contributed by atoms with Gasteiger partial charge in [-0.2, -0.15) is 0 Å². The van der Waals surface area contributed by atoms with Crippen LogP contribution in [0.4, 0.5) is 5.69 Å². The molecule has 4 nitrogen and oxygen atoms in total. The molecule has 3 aromatic rings. The number of anilines is 1. The lowest BCUT2D eigenvalue weighted by atomic mass is 10.1. The van der Waals surface area contributed by atoms with Crippen molar-refractivity contribution < 1.29 is 9.59 Å². The second-order valence-corrected chi connectivity index (χ2v) is 9.04. The lowest BCUT2D eigenvalue weighted by Crippen LogP contribution is -2.28. The fourth-order valence-corrected chi connectivity index (χ4v) is 4.10. The molecule has 0 bridgehead atoms. The van der Waals surface area contributed by atoms with Gasteiger partial charge in [0.05, 0.1) is 9.83 Å². The summed E-state index contributed by atoms with van der Waals surface area (Å²) in [6, 6.07) is 20.4. The number of benzene rings is 2. The van der Waals surface area contributed by atoms with E-state index in [1.807, 2.05) is 67.6 Å². The van der Waals surface area contributed by atoms with E-state index in [-0.39, 0.29) is 17.9 Å². The summed E-state index contributed by atoms with van der Waals surface area (Å²) in [4.78, 5) is 27.6. The molecule has 29 heavy (non-hydrogen) atoms. The van der Waals surface area contributed by atoms with Crippen LogP contribution in [0.1, 0.15) is 33.8 Å². The van der Waals surface area contributed by atoms with E-state index in [1.54, 1.807) is 41.5 Å². The number of nitrogens with zero attached hydrogens (tertiary/aromatic N) is 1. The van der Waals surface area contributed by atoms with Gasteiger partial charge in [0.25, 0.3) is 5.91 Å². The van der Waals surface area contributed by atoms with Crippen molar-refractivity contribution in [2.24, 2.45) is 0 Å². The standard InChI is InChI=1S/C23H21BrN2O2S/c1-16(26(2)22(27)14-12-20-11-13-21(24)29-20)18-9-6-10-19(15-18)25-23(28)17-7-4-3-5-8-17/h3-16H,1-2H3,(H,25,28)/b14-12+. The van der Waals surface area contributed by atoms with Crippen molar-refractivity contribution >= 4 is 50.8 Å². The van der Waals surface area contributed by atoms with Crippen LogP contribution < -0.4 is 5.32 Å². The Morgan fingerprint density at radius 1 is 1.07 bits per heavy atom. The van der Waals surface area contributed by atoms with Crippen molar-refractivity contribution in [3.05, 3.63) is 92.6 Å². The minimum absolute atomic E-state index is 0.0826. The summed E-state index contributed by atoms with van der Waals surface area (Å²) in [7, 11) is 1.77. The first-order valence-corrected chi connectivity index (χ1v) is 10.7. The molecule has 0 aliphatic carbocycles. The summed E-state index contributed by atoms with van der Waals surface area (Å²) in [6.07, 6.45) is 3.40. The molecule has 0 aliphatic rings. The van der Waals surface area contributed by atoms with Crippen molar-refractivity contribution in [3.8, 4) is 0 Å². The van der Waals surface area contributed by atoms with E-state index in [4.69, 9.17) is 0 Å². The molecule has 148 valence electrons. The number of rotatable bonds is 6. The van der Waals surface area contributed by atoms with E-state index in [0.717, 1.165) is 14.2 Å². The fraction of sp³-hybridized carbons (Fsp3) is 0.130. The number of hydrogen-bond donors (Lipinski definition) is 1. The lowest BCUT2D eigenvalue weighted by molar-refractivity contribution is -0.126. The SMILES string of the molecule is CC(c1cccc(NC(=O)c2ccccc2)c1)N(C)C(=O)/C=C/c1ccc(Br)s1. The Bertz CT molecular complexity index is 1030. The highest BCUT2D eigenvalue weighted by molar-refractivity contribution is 9.11. The second kappa shape index (κ2) is 9.67. The second-order valence-electron chi connectivity index (χ2n) is 6.55. The highest BCUT2D eigenvalue weighted by atomic mass is 79.9. The molecular weight excluding hydrogens is 448 g/mol. The Morgan fingerprint density at radius 2 is 1.83 bits per heavy atom. The first-order valence-electron chi connectivity index (χ1n) is 9.10. The van der Waals surface area contributed by atoms with Gasteiger partial charge >= 0.3 is 0 Å². The maximum Gasteiger partial charge on any atom is 0.255 e. The molecule has 0 aliphatic heterocycles. The average Bonchev–Trinajstić information content (AvgIpc) is 3.16. The van der Waals surface area contributed by atoms with E-state index in [9.17, 15) is 9.59 Å².